The Morgan fingerprint density at radius 2 is 0.969 bits per heavy atom. The lowest BCUT2D eigenvalue weighted by Gasteiger charge is -2.24. The number of rotatable bonds is 23. The van der Waals surface area contributed by atoms with Crippen LogP contribution in [0.25, 0.3) is 0 Å². The van der Waals surface area contributed by atoms with Gasteiger partial charge in [-0.1, -0.05) is 73.6 Å². The Kier molecular flexibility index (Phi) is 21.3. The average molecular weight is 457 g/mol. The van der Waals surface area contributed by atoms with Gasteiger partial charge in [0, 0.05) is 13.2 Å². The molecular weight excluding hydrogens is 396 g/mol. The molecule has 194 valence electrons. The van der Waals surface area contributed by atoms with Crippen LogP contribution in [0.3, 0.4) is 0 Å². The Balaban J connectivity index is 3.65. The van der Waals surface area contributed by atoms with Gasteiger partial charge in [-0.05, 0) is 87.9 Å². The summed E-state index contributed by atoms with van der Waals surface area (Å²) in [5.74, 6) is 3.73. The second kappa shape index (κ2) is 21.4. The number of unbranched alkanes of at least 4 members (excludes halogenated alkanes) is 5. The quantitative estimate of drug-likeness (QED) is 0.123. The molecule has 0 aliphatic carbocycles. The third-order valence-corrected chi connectivity index (χ3v) is 6.76. The fourth-order valence-electron chi connectivity index (χ4n) is 5.53. The average Bonchev–Trinajstić information content (AvgIpc) is 2.67. The zero-order valence-corrected chi connectivity index (χ0v) is 23.0. The predicted octanol–water partition coefficient (Wildman–Crippen LogP) is 8.63. The van der Waals surface area contributed by atoms with Crippen molar-refractivity contribution in [2.45, 2.75) is 138 Å². The van der Waals surface area contributed by atoms with Gasteiger partial charge in [-0.3, -0.25) is 0 Å². The van der Waals surface area contributed by atoms with Gasteiger partial charge in [-0.15, -0.1) is 0 Å². The highest BCUT2D eigenvalue weighted by atomic mass is 16.7. The zero-order chi connectivity index (χ0) is 24.2. The van der Waals surface area contributed by atoms with Gasteiger partial charge >= 0.3 is 0 Å². The van der Waals surface area contributed by atoms with Crippen molar-refractivity contribution < 1.29 is 14.6 Å². The van der Waals surface area contributed by atoms with Crippen molar-refractivity contribution in [2.24, 2.45) is 29.6 Å². The van der Waals surface area contributed by atoms with Crippen molar-refractivity contribution in [1.29, 1.82) is 0 Å². The van der Waals surface area contributed by atoms with E-state index in [2.05, 4.69) is 41.5 Å². The van der Waals surface area contributed by atoms with E-state index < -0.39 is 0 Å². The fourth-order valence-corrected chi connectivity index (χ4v) is 5.53. The van der Waals surface area contributed by atoms with Crippen molar-refractivity contribution in [3.8, 4) is 0 Å². The van der Waals surface area contributed by atoms with E-state index >= 15 is 0 Å². The maximum atomic E-state index is 9.57. The number of hydrogen-bond acceptors (Lipinski definition) is 3. The molecule has 0 radical (unpaired) electrons. The van der Waals surface area contributed by atoms with Crippen LogP contribution in [0.15, 0.2) is 0 Å². The van der Waals surface area contributed by atoms with Crippen LogP contribution in [0.2, 0.25) is 0 Å². The van der Waals surface area contributed by atoms with Crippen molar-refractivity contribution >= 4 is 0 Å². The highest BCUT2D eigenvalue weighted by Gasteiger charge is 2.17. The molecule has 0 heterocycles. The largest absolute Gasteiger partial charge is 0.393 e. The summed E-state index contributed by atoms with van der Waals surface area (Å²) in [6.07, 6.45) is 16.2. The molecular formula is C29H60O3. The molecule has 3 heteroatoms. The molecule has 0 aliphatic heterocycles. The van der Waals surface area contributed by atoms with E-state index in [9.17, 15) is 5.11 Å². The van der Waals surface area contributed by atoms with Gasteiger partial charge in [0.2, 0.25) is 0 Å². The number of hydrogen-bond donors (Lipinski definition) is 1. The Morgan fingerprint density at radius 1 is 0.531 bits per heavy atom. The molecule has 0 saturated heterocycles. The van der Waals surface area contributed by atoms with Crippen molar-refractivity contribution in [2.75, 3.05) is 20.0 Å². The van der Waals surface area contributed by atoms with Gasteiger partial charge < -0.3 is 14.6 Å². The summed E-state index contributed by atoms with van der Waals surface area (Å²) >= 11 is 0. The van der Waals surface area contributed by atoms with Crippen LogP contribution in [0.1, 0.15) is 132 Å². The van der Waals surface area contributed by atoms with Crippen molar-refractivity contribution in [1.82, 2.24) is 0 Å². The monoisotopic (exact) mass is 456 g/mol. The standard InChI is InChI=1S/C29H60O3/c1-8-9-10-11-12-13-16-31-23-32-17-14-15-24(2)18-25(3)19-26(4)20-27(5)21-28(6)22-29(7)30/h24-30H,8-23H2,1-7H3. The molecule has 0 bridgehead atoms. The molecule has 0 aromatic rings. The molecule has 0 spiro atoms. The zero-order valence-electron chi connectivity index (χ0n) is 23.0. The minimum Gasteiger partial charge on any atom is -0.393 e. The van der Waals surface area contributed by atoms with Gasteiger partial charge in [-0.25, -0.2) is 0 Å². The summed E-state index contributed by atoms with van der Waals surface area (Å²) in [7, 11) is 0. The molecule has 6 unspecified atom stereocenters. The first-order valence-electron chi connectivity index (χ1n) is 14.1. The summed E-state index contributed by atoms with van der Waals surface area (Å²) in [5, 5.41) is 9.57. The van der Waals surface area contributed by atoms with Crippen LogP contribution < -0.4 is 0 Å². The molecule has 0 fully saturated rings. The third-order valence-electron chi connectivity index (χ3n) is 6.76. The SMILES string of the molecule is CCCCCCCCOCOCCCC(C)CC(C)CC(C)CC(C)CC(C)CC(C)O. The lowest BCUT2D eigenvalue weighted by molar-refractivity contribution is -0.0561. The Labute approximate surface area is 202 Å². The second-order valence-corrected chi connectivity index (χ2v) is 11.4. The normalized spacial score (nSPS) is 17.6. The van der Waals surface area contributed by atoms with E-state index in [1.165, 1.54) is 70.6 Å². The van der Waals surface area contributed by atoms with Gasteiger partial charge in [-0.2, -0.15) is 0 Å². The first-order chi connectivity index (χ1) is 15.2. The van der Waals surface area contributed by atoms with Crippen LogP contribution >= 0.6 is 0 Å². The third kappa shape index (κ3) is 21.7. The minimum absolute atomic E-state index is 0.167. The van der Waals surface area contributed by atoms with Crippen LogP contribution in [0.4, 0.5) is 0 Å². The summed E-state index contributed by atoms with van der Waals surface area (Å²) in [6.45, 7) is 18.2. The minimum atomic E-state index is -0.167. The van der Waals surface area contributed by atoms with E-state index in [-0.39, 0.29) is 6.10 Å². The van der Waals surface area contributed by atoms with E-state index in [0.29, 0.717) is 12.7 Å². The molecule has 0 aromatic heterocycles. The molecule has 6 atom stereocenters. The predicted molar refractivity (Wildman–Crippen MR) is 140 cm³/mol. The number of aliphatic hydroxyl groups is 1. The molecule has 0 amide bonds. The van der Waals surface area contributed by atoms with Crippen molar-refractivity contribution in [3.63, 3.8) is 0 Å². The van der Waals surface area contributed by atoms with E-state index in [1.54, 1.807) is 0 Å². The summed E-state index contributed by atoms with van der Waals surface area (Å²) in [6, 6.07) is 0. The Bertz CT molecular complexity index is 385. The smallest absolute Gasteiger partial charge is 0.146 e. The molecule has 0 aliphatic rings. The van der Waals surface area contributed by atoms with E-state index in [1.807, 2.05) is 6.92 Å². The van der Waals surface area contributed by atoms with Crippen LogP contribution in [0.5, 0.6) is 0 Å². The molecule has 0 rings (SSSR count). The van der Waals surface area contributed by atoms with E-state index in [0.717, 1.165) is 49.7 Å². The first kappa shape index (κ1) is 31.9. The summed E-state index contributed by atoms with van der Waals surface area (Å²) < 4.78 is 11.3. The van der Waals surface area contributed by atoms with Gasteiger partial charge in [0.1, 0.15) is 6.79 Å². The molecule has 1 N–H and O–H groups in total. The first-order valence-corrected chi connectivity index (χ1v) is 14.1. The number of aliphatic hydroxyl groups excluding tert-OH is 1. The molecule has 0 aromatic carbocycles. The van der Waals surface area contributed by atoms with Gasteiger partial charge in [0.25, 0.3) is 0 Å². The molecule has 3 nitrogen and oxygen atoms in total. The lowest BCUT2D eigenvalue weighted by atomic mass is 9.82. The highest BCUT2D eigenvalue weighted by Crippen LogP contribution is 2.28. The van der Waals surface area contributed by atoms with Gasteiger partial charge in [0.15, 0.2) is 0 Å². The summed E-state index contributed by atoms with van der Waals surface area (Å²) in [5.41, 5.74) is 0. The van der Waals surface area contributed by atoms with Crippen LogP contribution in [-0.2, 0) is 9.47 Å². The maximum absolute atomic E-state index is 9.57. The Morgan fingerprint density at radius 3 is 1.50 bits per heavy atom. The van der Waals surface area contributed by atoms with Crippen LogP contribution in [-0.4, -0.2) is 31.2 Å². The van der Waals surface area contributed by atoms with Crippen molar-refractivity contribution in [3.05, 3.63) is 0 Å². The second-order valence-electron chi connectivity index (χ2n) is 11.4. The summed E-state index contributed by atoms with van der Waals surface area (Å²) in [4.78, 5) is 0. The fraction of sp³-hybridized carbons (Fsp3) is 1.00. The molecule has 0 saturated carbocycles. The molecule has 32 heavy (non-hydrogen) atoms. The van der Waals surface area contributed by atoms with E-state index in [4.69, 9.17) is 9.47 Å². The number of ether oxygens (including phenoxy) is 2. The highest BCUT2D eigenvalue weighted by molar-refractivity contribution is 4.68. The maximum Gasteiger partial charge on any atom is 0.146 e. The Hall–Kier alpha value is -0.120. The topological polar surface area (TPSA) is 38.7 Å². The van der Waals surface area contributed by atoms with Crippen LogP contribution in [0, 0.1) is 29.6 Å². The lowest BCUT2D eigenvalue weighted by Crippen LogP contribution is -2.14. The van der Waals surface area contributed by atoms with Gasteiger partial charge in [0.05, 0.1) is 6.10 Å².